The molecule has 2 aromatic rings. The summed E-state index contributed by atoms with van der Waals surface area (Å²) in [6, 6.07) is 1.59. The van der Waals surface area contributed by atoms with Crippen molar-refractivity contribution in [2.75, 3.05) is 0 Å². The van der Waals surface area contributed by atoms with Crippen LogP contribution in [-0.2, 0) is 21.1 Å². The van der Waals surface area contributed by atoms with Crippen LogP contribution in [0.3, 0.4) is 0 Å². The molecule has 2 aromatic heterocycles. The van der Waals surface area contributed by atoms with Crippen LogP contribution < -0.4 is 22.5 Å². The van der Waals surface area contributed by atoms with Gasteiger partial charge in [-0.15, -0.1) is 0 Å². The summed E-state index contributed by atoms with van der Waals surface area (Å²) in [7, 11) is 0. The first kappa shape index (κ1) is 20.0. The van der Waals surface area contributed by atoms with Crippen molar-refractivity contribution < 1.29 is 40.9 Å². The number of hydrogen-bond acceptors (Lipinski definition) is 6. The molecule has 0 unspecified atom stereocenters. The number of rotatable bonds is 2. The molecule has 6 N–H and O–H groups in total. The Kier molecular flexibility index (Phi) is 7.33. The van der Waals surface area contributed by atoms with Gasteiger partial charge in [-0.3, -0.25) is 19.6 Å². The van der Waals surface area contributed by atoms with E-state index in [-0.39, 0.29) is 21.1 Å². The van der Waals surface area contributed by atoms with Gasteiger partial charge < -0.3 is 20.2 Å². The maximum atomic E-state index is 10.5. The first-order chi connectivity index (χ1) is 10.2. The van der Waals surface area contributed by atoms with Gasteiger partial charge in [0.05, 0.1) is 0 Å². The van der Waals surface area contributed by atoms with Crippen molar-refractivity contribution in [3.8, 4) is 0 Å². The second kappa shape index (κ2) is 8.44. The summed E-state index contributed by atoms with van der Waals surface area (Å²) < 4.78 is 0. The third-order valence-electron chi connectivity index (χ3n) is 1.98. The van der Waals surface area contributed by atoms with Crippen LogP contribution in [0.1, 0.15) is 21.0 Å². The maximum Gasteiger partial charge on any atom is 0.352 e. The van der Waals surface area contributed by atoms with E-state index in [1.165, 1.54) is 0 Å². The van der Waals surface area contributed by atoms with Crippen LogP contribution in [0.4, 0.5) is 0 Å². The Bertz CT molecular complexity index is 803. The molecule has 0 fully saturated rings. The van der Waals surface area contributed by atoms with Gasteiger partial charge in [0, 0.05) is 33.2 Å². The van der Waals surface area contributed by atoms with Crippen LogP contribution >= 0.6 is 0 Å². The van der Waals surface area contributed by atoms with E-state index in [0.717, 1.165) is 12.1 Å². The number of carboxylic acids is 2. The van der Waals surface area contributed by atoms with Gasteiger partial charge in [-0.1, -0.05) is 0 Å². The molecule has 12 nitrogen and oxygen atoms in total. The van der Waals surface area contributed by atoms with Gasteiger partial charge in [-0.2, -0.15) is 0 Å². The van der Waals surface area contributed by atoms with E-state index in [4.69, 9.17) is 10.2 Å². The molecule has 0 aliphatic rings. The average Bonchev–Trinajstić information content (AvgIpc) is 2.37. The monoisotopic (exact) mass is 507 g/mol. The predicted molar refractivity (Wildman–Crippen MR) is 69.3 cm³/mol. The van der Waals surface area contributed by atoms with Crippen molar-refractivity contribution in [1.29, 1.82) is 0 Å². The summed E-state index contributed by atoms with van der Waals surface area (Å²) in [5, 5.41) is 16.6. The molecule has 0 aliphatic heterocycles. The van der Waals surface area contributed by atoms with Gasteiger partial charge in [-0.25, -0.2) is 19.2 Å². The van der Waals surface area contributed by atoms with Crippen LogP contribution in [0.2, 0.25) is 0 Å². The minimum atomic E-state index is -1.34. The molecule has 0 aromatic carbocycles. The molecule has 0 atom stereocenters. The van der Waals surface area contributed by atoms with Crippen LogP contribution in [0.15, 0.2) is 31.3 Å². The predicted octanol–water partition coefficient (Wildman–Crippen LogP) is -2.48. The first-order valence-corrected chi connectivity index (χ1v) is 5.33. The number of hydrogen-bond donors (Lipinski definition) is 6. The molecule has 126 valence electrons. The Morgan fingerprint density at radius 2 is 1.00 bits per heavy atom. The standard InChI is InChI=1S/2C5H4N2O4.Pt/c2*8-3-1-2(4(9)10)6-5(11)7-3;/h2*1H,(H,9,10)(H2,6,7,8,11);. The second-order valence-corrected chi connectivity index (χ2v) is 3.61. The minimum Gasteiger partial charge on any atom is -0.477 e. The summed E-state index contributed by atoms with van der Waals surface area (Å²) in [4.78, 5) is 69.7. The zero-order valence-electron chi connectivity index (χ0n) is 10.8. The van der Waals surface area contributed by atoms with Gasteiger partial charge >= 0.3 is 23.3 Å². The third kappa shape index (κ3) is 6.52. The fourth-order valence-electron chi connectivity index (χ4n) is 1.17. The Balaban J connectivity index is 0.000000403. The van der Waals surface area contributed by atoms with Crippen molar-refractivity contribution in [1.82, 2.24) is 19.9 Å². The molecular weight excluding hydrogens is 499 g/mol. The summed E-state index contributed by atoms with van der Waals surface area (Å²) in [6.07, 6.45) is 0. The summed E-state index contributed by atoms with van der Waals surface area (Å²) in [6.45, 7) is 0. The number of aromatic amines is 4. The average molecular weight is 507 g/mol. The van der Waals surface area contributed by atoms with Crippen molar-refractivity contribution in [2.24, 2.45) is 0 Å². The molecule has 0 radical (unpaired) electrons. The maximum absolute atomic E-state index is 10.5. The topological polar surface area (TPSA) is 206 Å². The fraction of sp³-hybridized carbons (Fsp3) is 0. The second-order valence-electron chi connectivity index (χ2n) is 3.61. The smallest absolute Gasteiger partial charge is 0.352 e. The number of carboxylic acid groups (broad SMARTS) is 2. The first-order valence-electron chi connectivity index (χ1n) is 5.33. The summed E-state index contributed by atoms with van der Waals surface area (Å²) in [5.74, 6) is -2.68. The molecule has 0 bridgehead atoms. The van der Waals surface area contributed by atoms with Gasteiger partial charge in [0.2, 0.25) is 0 Å². The Morgan fingerprint density at radius 1 is 0.696 bits per heavy atom. The van der Waals surface area contributed by atoms with Gasteiger partial charge in [0.15, 0.2) is 0 Å². The normalized spacial score (nSPS) is 9.04. The molecule has 2 rings (SSSR count). The molecular formula is C10H8N4O8Pt. The van der Waals surface area contributed by atoms with E-state index >= 15 is 0 Å². The Labute approximate surface area is 138 Å². The number of aromatic carboxylic acids is 2. The van der Waals surface area contributed by atoms with Gasteiger partial charge in [0.1, 0.15) is 11.4 Å². The number of aromatic nitrogens is 4. The molecule has 0 aliphatic carbocycles. The van der Waals surface area contributed by atoms with E-state index in [1.807, 2.05) is 19.9 Å². The Morgan fingerprint density at radius 3 is 1.22 bits per heavy atom. The van der Waals surface area contributed by atoms with Crippen LogP contribution in [-0.4, -0.2) is 42.1 Å². The zero-order chi connectivity index (χ0) is 16.9. The van der Waals surface area contributed by atoms with Crippen LogP contribution in [0, 0.1) is 0 Å². The SMILES string of the molecule is O=C(O)c1cc(=O)[nH]c(=O)[nH]1.O=C(O)c1cc(=O)[nH]c(=O)[nH]1.[Pt]. The van der Waals surface area contributed by atoms with Crippen molar-refractivity contribution in [3.63, 3.8) is 0 Å². The molecule has 23 heavy (non-hydrogen) atoms. The molecule has 0 amide bonds. The molecule has 0 spiro atoms. The van der Waals surface area contributed by atoms with Crippen molar-refractivity contribution >= 4 is 11.9 Å². The molecule has 0 saturated carbocycles. The largest absolute Gasteiger partial charge is 0.477 e. The molecule has 13 heteroatoms. The fourth-order valence-corrected chi connectivity index (χ4v) is 1.17. The van der Waals surface area contributed by atoms with E-state index in [0.29, 0.717) is 0 Å². The number of carbonyl (C=O) groups is 2. The number of nitrogens with one attached hydrogen (secondary N) is 4. The third-order valence-corrected chi connectivity index (χ3v) is 1.98. The van der Waals surface area contributed by atoms with Crippen LogP contribution in [0.25, 0.3) is 0 Å². The van der Waals surface area contributed by atoms with E-state index in [9.17, 15) is 28.8 Å². The minimum absolute atomic E-state index is 0. The number of H-pyrrole nitrogens is 4. The van der Waals surface area contributed by atoms with Crippen molar-refractivity contribution in [2.45, 2.75) is 0 Å². The summed E-state index contributed by atoms with van der Waals surface area (Å²) >= 11 is 0. The molecule has 0 saturated heterocycles. The molecule has 2 heterocycles. The van der Waals surface area contributed by atoms with Gasteiger partial charge in [-0.05, 0) is 0 Å². The van der Waals surface area contributed by atoms with E-state index in [2.05, 4.69) is 0 Å². The van der Waals surface area contributed by atoms with Crippen molar-refractivity contribution in [3.05, 3.63) is 65.2 Å². The van der Waals surface area contributed by atoms with Crippen LogP contribution in [0.5, 0.6) is 0 Å². The van der Waals surface area contributed by atoms with Gasteiger partial charge in [0.25, 0.3) is 11.1 Å². The zero-order valence-corrected chi connectivity index (χ0v) is 13.1. The summed E-state index contributed by atoms with van der Waals surface area (Å²) in [5.41, 5.74) is -3.94. The quantitative estimate of drug-likeness (QED) is 0.256. The van der Waals surface area contributed by atoms with E-state index in [1.54, 1.807) is 0 Å². The Hall–Kier alpha value is -3.01. The van der Waals surface area contributed by atoms with E-state index < -0.39 is 45.8 Å².